The van der Waals surface area contributed by atoms with Crippen LogP contribution in [0.1, 0.15) is 6.92 Å². The van der Waals surface area contributed by atoms with Gasteiger partial charge in [0.25, 0.3) is 0 Å². The number of hydrogen-bond donors (Lipinski definition) is 2. The van der Waals surface area contributed by atoms with Gasteiger partial charge in [-0.25, -0.2) is 13.1 Å². The first-order valence-corrected chi connectivity index (χ1v) is 5.46. The maximum Gasteiger partial charge on any atom is 0.221 e. The molecule has 0 radical (unpaired) electrons. The van der Waals surface area contributed by atoms with E-state index in [1.165, 1.54) is 6.92 Å². The quantitative estimate of drug-likeness (QED) is 0.650. The molecule has 0 aliphatic rings. The van der Waals surface area contributed by atoms with Crippen molar-refractivity contribution < 1.29 is 13.5 Å². The van der Waals surface area contributed by atoms with Gasteiger partial charge in [-0.3, -0.25) is 0 Å². The number of alkyl halides is 1. The van der Waals surface area contributed by atoms with E-state index in [0.29, 0.717) is 0 Å². The van der Waals surface area contributed by atoms with Crippen LogP contribution in [0.15, 0.2) is 0 Å². The zero-order chi connectivity index (χ0) is 8.20. The fraction of sp³-hybridized carbons (Fsp3) is 1.00. The van der Waals surface area contributed by atoms with Crippen molar-refractivity contribution in [1.29, 1.82) is 0 Å². The van der Waals surface area contributed by atoms with Crippen molar-refractivity contribution >= 4 is 26.0 Å². The monoisotopic (exact) mass is 231 g/mol. The van der Waals surface area contributed by atoms with E-state index in [1.807, 2.05) is 0 Å². The summed E-state index contributed by atoms with van der Waals surface area (Å²) in [6.45, 7) is 1.57. The highest BCUT2D eigenvalue weighted by Gasteiger charge is 2.07. The van der Waals surface area contributed by atoms with Gasteiger partial charge in [-0.15, -0.1) is 0 Å². The van der Waals surface area contributed by atoms with Crippen LogP contribution in [0, 0.1) is 0 Å². The average molecular weight is 232 g/mol. The van der Waals surface area contributed by atoms with Crippen molar-refractivity contribution in [2.45, 2.75) is 13.0 Å². The van der Waals surface area contributed by atoms with Crippen molar-refractivity contribution in [2.24, 2.45) is 0 Å². The summed E-state index contributed by atoms with van der Waals surface area (Å²) >= 11 is 2.79. The van der Waals surface area contributed by atoms with Crippen LogP contribution in [0.25, 0.3) is 0 Å². The van der Waals surface area contributed by atoms with E-state index in [0.717, 1.165) is 0 Å². The molecule has 10 heavy (non-hydrogen) atoms. The normalized spacial score (nSPS) is 15.1. The van der Waals surface area contributed by atoms with E-state index in [-0.39, 0.29) is 11.2 Å². The van der Waals surface area contributed by atoms with Gasteiger partial charge in [0.1, 0.15) is 4.66 Å². The first kappa shape index (κ1) is 10.3. The Morgan fingerprint density at radius 3 is 2.50 bits per heavy atom. The molecule has 0 saturated heterocycles. The Labute approximate surface area is 68.8 Å². The third-order valence-corrected chi connectivity index (χ3v) is 3.44. The summed E-state index contributed by atoms with van der Waals surface area (Å²) < 4.78 is 23.3. The molecule has 0 aromatic carbocycles. The third-order valence-electron chi connectivity index (χ3n) is 0.742. The van der Waals surface area contributed by atoms with Gasteiger partial charge >= 0.3 is 0 Å². The fourth-order valence-electron chi connectivity index (χ4n) is 0.286. The Kier molecular flexibility index (Phi) is 4.42. The largest absolute Gasteiger partial charge is 0.392 e. The molecule has 0 aliphatic carbocycles. The molecular weight excluding hydrogens is 222 g/mol. The van der Waals surface area contributed by atoms with E-state index in [1.54, 1.807) is 0 Å². The van der Waals surface area contributed by atoms with Crippen molar-refractivity contribution in [3.05, 3.63) is 0 Å². The van der Waals surface area contributed by atoms with Gasteiger partial charge in [-0.05, 0) is 6.92 Å². The molecule has 62 valence electrons. The Bertz CT molecular complexity index is 177. The van der Waals surface area contributed by atoms with E-state index >= 15 is 0 Å². The number of rotatable bonds is 4. The molecule has 2 N–H and O–H groups in total. The highest BCUT2D eigenvalue weighted by Crippen LogP contribution is 1.90. The second-order valence-electron chi connectivity index (χ2n) is 1.92. The lowest BCUT2D eigenvalue weighted by Crippen LogP contribution is -2.31. The van der Waals surface area contributed by atoms with Crippen LogP contribution in [0.3, 0.4) is 0 Å². The standard InChI is InChI=1S/C4H10BrNO3S/c1-4(7)2-6-10(8,9)3-5/h4,6-7H,2-3H2,1H3. The smallest absolute Gasteiger partial charge is 0.221 e. The highest BCUT2D eigenvalue weighted by atomic mass is 79.9. The molecule has 0 saturated carbocycles. The minimum atomic E-state index is -3.21. The molecule has 6 heteroatoms. The average Bonchev–Trinajstić information content (AvgIpc) is 1.85. The van der Waals surface area contributed by atoms with E-state index in [4.69, 9.17) is 5.11 Å². The molecular formula is C4H10BrNO3S. The summed E-state index contributed by atoms with van der Waals surface area (Å²) in [6.07, 6.45) is -0.645. The highest BCUT2D eigenvalue weighted by molar-refractivity contribution is 9.10. The number of aliphatic hydroxyl groups is 1. The minimum Gasteiger partial charge on any atom is -0.392 e. The Hall–Kier alpha value is 0.350. The zero-order valence-electron chi connectivity index (χ0n) is 5.54. The first-order chi connectivity index (χ1) is 4.48. The summed E-state index contributed by atoms with van der Waals surface area (Å²) in [7, 11) is -3.21. The third kappa shape index (κ3) is 5.16. The zero-order valence-corrected chi connectivity index (χ0v) is 7.94. The predicted octanol–water partition coefficient (Wildman–Crippen LogP) is -0.361. The van der Waals surface area contributed by atoms with Crippen LogP contribution in [0.4, 0.5) is 0 Å². The molecule has 0 aromatic heterocycles. The van der Waals surface area contributed by atoms with Crippen LogP contribution >= 0.6 is 15.9 Å². The van der Waals surface area contributed by atoms with E-state index in [9.17, 15) is 8.42 Å². The van der Waals surface area contributed by atoms with Gasteiger partial charge in [0.15, 0.2) is 0 Å². The first-order valence-electron chi connectivity index (χ1n) is 2.69. The Morgan fingerprint density at radius 2 is 2.20 bits per heavy atom. The number of aliphatic hydroxyl groups excluding tert-OH is 1. The van der Waals surface area contributed by atoms with Gasteiger partial charge in [0, 0.05) is 6.54 Å². The molecule has 0 rings (SSSR count). The van der Waals surface area contributed by atoms with Crippen LogP contribution in [-0.4, -0.2) is 30.8 Å². The van der Waals surface area contributed by atoms with Crippen LogP contribution in [-0.2, 0) is 10.0 Å². The lowest BCUT2D eigenvalue weighted by molar-refractivity contribution is 0.198. The van der Waals surface area contributed by atoms with Crippen molar-refractivity contribution in [3.8, 4) is 0 Å². The molecule has 4 nitrogen and oxygen atoms in total. The summed E-state index contributed by atoms with van der Waals surface area (Å²) in [4.78, 5) is 0. The Morgan fingerprint density at radius 1 is 1.70 bits per heavy atom. The predicted molar refractivity (Wildman–Crippen MR) is 42.4 cm³/mol. The number of hydrogen-bond acceptors (Lipinski definition) is 3. The minimum absolute atomic E-state index is 0.0634. The maximum absolute atomic E-state index is 10.6. The van der Waals surface area contributed by atoms with Crippen LogP contribution in [0.5, 0.6) is 0 Å². The molecule has 0 spiro atoms. The van der Waals surface area contributed by atoms with Gasteiger partial charge < -0.3 is 5.11 Å². The topological polar surface area (TPSA) is 66.4 Å². The maximum atomic E-state index is 10.6. The van der Waals surface area contributed by atoms with Crippen LogP contribution < -0.4 is 4.72 Å². The van der Waals surface area contributed by atoms with E-state index in [2.05, 4.69) is 20.7 Å². The summed E-state index contributed by atoms with van der Waals surface area (Å²) in [5.74, 6) is 0. The van der Waals surface area contributed by atoms with Gasteiger partial charge in [0.05, 0.1) is 6.10 Å². The lowest BCUT2D eigenvalue weighted by atomic mass is 10.4. The summed E-state index contributed by atoms with van der Waals surface area (Å²) in [5.41, 5.74) is 0. The van der Waals surface area contributed by atoms with Gasteiger partial charge in [-0.2, -0.15) is 0 Å². The second kappa shape index (κ2) is 4.27. The number of sulfonamides is 1. The summed E-state index contributed by atoms with van der Waals surface area (Å²) in [5, 5.41) is 8.67. The molecule has 0 aliphatic heterocycles. The molecule has 1 unspecified atom stereocenters. The molecule has 0 fully saturated rings. The van der Waals surface area contributed by atoms with Gasteiger partial charge in [-0.1, -0.05) is 15.9 Å². The molecule has 1 atom stereocenters. The summed E-state index contributed by atoms with van der Waals surface area (Å²) in [6, 6.07) is 0. The Balaban J connectivity index is 3.70. The fourth-order valence-corrected chi connectivity index (χ4v) is 1.34. The van der Waals surface area contributed by atoms with Crippen molar-refractivity contribution in [1.82, 2.24) is 4.72 Å². The van der Waals surface area contributed by atoms with Crippen molar-refractivity contribution in [2.75, 3.05) is 11.2 Å². The number of halogens is 1. The SMILES string of the molecule is CC(O)CNS(=O)(=O)CBr. The lowest BCUT2D eigenvalue weighted by Gasteiger charge is -2.04. The van der Waals surface area contributed by atoms with Gasteiger partial charge in [0.2, 0.25) is 10.0 Å². The van der Waals surface area contributed by atoms with Crippen molar-refractivity contribution in [3.63, 3.8) is 0 Å². The second-order valence-corrected chi connectivity index (χ2v) is 5.03. The molecule has 0 heterocycles. The van der Waals surface area contributed by atoms with E-state index < -0.39 is 16.1 Å². The molecule has 0 amide bonds. The molecule has 0 bridgehead atoms. The van der Waals surface area contributed by atoms with Crippen LogP contribution in [0.2, 0.25) is 0 Å². The number of nitrogens with one attached hydrogen (secondary N) is 1. The molecule has 0 aromatic rings.